The van der Waals surface area contributed by atoms with Gasteiger partial charge in [-0.05, 0) is 49.4 Å². The Kier molecular flexibility index (Phi) is 59.4. The van der Waals surface area contributed by atoms with E-state index in [9.17, 15) is 43.2 Å². The van der Waals surface area contributed by atoms with Crippen molar-refractivity contribution in [3.05, 3.63) is 0 Å². The van der Waals surface area contributed by atoms with E-state index < -0.39 is 97.5 Å². The van der Waals surface area contributed by atoms with Crippen LogP contribution in [0.25, 0.3) is 0 Å². The minimum absolute atomic E-state index is 0.101. The van der Waals surface area contributed by atoms with Crippen molar-refractivity contribution in [2.24, 2.45) is 23.7 Å². The fraction of sp³-hybridized carbons (Fsp3) is 0.944. The van der Waals surface area contributed by atoms with Crippen LogP contribution in [0.5, 0.6) is 0 Å². The summed E-state index contributed by atoms with van der Waals surface area (Å²) in [7, 11) is -9.90. The highest BCUT2D eigenvalue weighted by Crippen LogP contribution is 2.45. The van der Waals surface area contributed by atoms with Crippen molar-refractivity contribution in [2.75, 3.05) is 39.6 Å². The molecule has 0 fully saturated rings. The van der Waals surface area contributed by atoms with Crippen LogP contribution in [0, 0.1) is 23.7 Å². The van der Waals surface area contributed by atoms with Crippen LogP contribution in [0.3, 0.4) is 0 Å². The van der Waals surface area contributed by atoms with Crippen LogP contribution in [0.15, 0.2) is 0 Å². The minimum atomic E-state index is -4.95. The Morgan fingerprint density at radius 2 is 0.533 bits per heavy atom. The first kappa shape index (κ1) is 88.1. The predicted octanol–water partition coefficient (Wildman–Crippen LogP) is 20.1. The maximum Gasteiger partial charge on any atom is 0.472 e. The summed E-state index contributed by atoms with van der Waals surface area (Å²) in [5, 5.41) is 10.6. The molecule has 0 amide bonds. The zero-order valence-corrected chi connectivity index (χ0v) is 60.6. The molecule has 3 N–H and O–H groups in total. The number of hydrogen-bond donors (Lipinski definition) is 3. The molecule has 6 atom stereocenters. The lowest BCUT2D eigenvalue weighted by Crippen LogP contribution is -2.30. The molecule has 534 valence electrons. The molecule has 0 saturated carbocycles. The van der Waals surface area contributed by atoms with Crippen molar-refractivity contribution in [2.45, 2.75) is 369 Å². The van der Waals surface area contributed by atoms with Gasteiger partial charge in [0.15, 0.2) is 12.2 Å². The van der Waals surface area contributed by atoms with Gasteiger partial charge in [0.05, 0.1) is 26.4 Å². The lowest BCUT2D eigenvalue weighted by molar-refractivity contribution is -0.161. The molecule has 0 aromatic carbocycles. The highest BCUT2D eigenvalue weighted by molar-refractivity contribution is 7.47. The third-order valence-corrected chi connectivity index (χ3v) is 18.6. The smallest absolute Gasteiger partial charge is 0.462 e. The van der Waals surface area contributed by atoms with E-state index in [0.717, 1.165) is 109 Å². The number of carbonyl (C=O) groups excluding carboxylic acids is 4. The molecular weight excluding hydrogens is 1190 g/mol. The Morgan fingerprint density at radius 1 is 0.311 bits per heavy atom. The van der Waals surface area contributed by atoms with Crippen LogP contribution >= 0.6 is 15.6 Å². The normalized spacial score (nSPS) is 14.6. The lowest BCUT2D eigenvalue weighted by atomic mass is 9.99. The second kappa shape index (κ2) is 60.7. The largest absolute Gasteiger partial charge is 0.472 e. The number of hydrogen-bond acceptors (Lipinski definition) is 15. The maximum absolute atomic E-state index is 13.0. The number of phosphoric ester groups is 2. The quantitative estimate of drug-likeness (QED) is 0.0222. The number of aliphatic hydroxyl groups is 1. The van der Waals surface area contributed by atoms with E-state index >= 15 is 0 Å². The fourth-order valence-electron chi connectivity index (χ4n) is 10.6. The number of carbonyl (C=O) groups is 4. The molecule has 0 aromatic heterocycles. The molecule has 0 aliphatic carbocycles. The van der Waals surface area contributed by atoms with Crippen LogP contribution < -0.4 is 0 Å². The van der Waals surface area contributed by atoms with Crippen molar-refractivity contribution in [3.63, 3.8) is 0 Å². The zero-order chi connectivity index (χ0) is 66.8. The number of phosphoric acid groups is 2. The van der Waals surface area contributed by atoms with Gasteiger partial charge < -0.3 is 33.8 Å². The molecule has 0 rings (SSSR count). The summed E-state index contributed by atoms with van der Waals surface area (Å²) in [6, 6.07) is 0. The van der Waals surface area contributed by atoms with Gasteiger partial charge >= 0.3 is 39.5 Å². The number of aliphatic hydroxyl groups excluding tert-OH is 1. The van der Waals surface area contributed by atoms with Gasteiger partial charge in [0.1, 0.15) is 19.3 Å². The second-order valence-electron chi connectivity index (χ2n) is 27.3. The van der Waals surface area contributed by atoms with Crippen LogP contribution in [0.1, 0.15) is 351 Å². The minimum Gasteiger partial charge on any atom is -0.462 e. The molecule has 0 spiro atoms. The Morgan fingerprint density at radius 3 is 0.789 bits per heavy atom. The molecule has 0 radical (unpaired) electrons. The second-order valence-corrected chi connectivity index (χ2v) is 30.2. The SMILES string of the molecule is CCC(C)CCCCCCCCCCCCCCCCCCCCC(=O)O[C@H](COC(=O)CCCCCCCCC(C)C)COP(=O)(O)OCC(O)COP(=O)(O)OC[C@@H](COC(=O)CCCCCCCCCC(C)C)OC(=O)CCCCCCCCC(C)C. The fourth-order valence-corrected chi connectivity index (χ4v) is 12.2. The predicted molar refractivity (Wildman–Crippen MR) is 363 cm³/mol. The Hall–Kier alpha value is -1.94. The van der Waals surface area contributed by atoms with E-state index in [1.807, 2.05) is 0 Å². The van der Waals surface area contributed by atoms with Crippen LogP contribution in [0.4, 0.5) is 0 Å². The van der Waals surface area contributed by atoms with Gasteiger partial charge in [0, 0.05) is 25.7 Å². The molecule has 19 heteroatoms. The summed E-state index contributed by atoms with van der Waals surface area (Å²) < 4.78 is 68.1. The molecule has 0 heterocycles. The third-order valence-electron chi connectivity index (χ3n) is 16.7. The standard InChI is InChI=1S/C71H138O17P2/c1-9-64(8)50-42-34-24-20-18-16-14-12-10-11-13-15-17-19-21-25-37-45-53-70(75)87-66(58-82-69(74)52-44-36-29-27-32-40-48-62(4)5)59-85-89(77,78)83-55-65(72)56-84-90(79,80)86-60-67(88-71(76)54-46-38-30-28-33-41-49-63(6)7)57-81-68(73)51-43-35-26-22-23-31-39-47-61(2)3/h61-67,72H,9-60H2,1-8H3,(H,77,78)(H,79,80)/t64?,65?,66-,67-/m1/s1. The summed E-state index contributed by atoms with van der Waals surface area (Å²) in [6.45, 7) is 14.0. The van der Waals surface area contributed by atoms with Gasteiger partial charge in [-0.2, -0.15) is 0 Å². The van der Waals surface area contributed by atoms with Crippen molar-refractivity contribution in [3.8, 4) is 0 Å². The summed E-state index contributed by atoms with van der Waals surface area (Å²) in [6.07, 6.45) is 43.7. The van der Waals surface area contributed by atoms with Gasteiger partial charge in [-0.15, -0.1) is 0 Å². The summed E-state index contributed by atoms with van der Waals surface area (Å²) in [5.74, 6) is 0.788. The van der Waals surface area contributed by atoms with E-state index in [1.165, 1.54) is 141 Å². The Balaban J connectivity index is 5.11. The maximum atomic E-state index is 13.0. The lowest BCUT2D eigenvalue weighted by Gasteiger charge is -2.21. The Bertz CT molecular complexity index is 1780. The van der Waals surface area contributed by atoms with Gasteiger partial charge in [-0.25, -0.2) is 9.13 Å². The summed E-state index contributed by atoms with van der Waals surface area (Å²) in [4.78, 5) is 72.4. The molecule has 0 aliphatic heterocycles. The molecule has 4 unspecified atom stereocenters. The van der Waals surface area contributed by atoms with Crippen molar-refractivity contribution >= 4 is 39.5 Å². The van der Waals surface area contributed by atoms with E-state index in [-0.39, 0.29) is 25.7 Å². The average molecular weight is 1330 g/mol. The van der Waals surface area contributed by atoms with E-state index in [4.69, 9.17) is 37.0 Å². The number of unbranched alkanes of at least 4 members (excludes halogenated alkanes) is 33. The van der Waals surface area contributed by atoms with Crippen molar-refractivity contribution in [1.29, 1.82) is 0 Å². The summed E-state index contributed by atoms with van der Waals surface area (Å²) >= 11 is 0. The van der Waals surface area contributed by atoms with Crippen molar-refractivity contribution in [1.82, 2.24) is 0 Å². The first-order valence-corrected chi connectivity index (χ1v) is 39.7. The Labute approximate surface area is 549 Å². The van der Waals surface area contributed by atoms with Gasteiger partial charge in [0.2, 0.25) is 0 Å². The first-order valence-electron chi connectivity index (χ1n) is 36.7. The van der Waals surface area contributed by atoms with E-state index in [2.05, 4.69) is 55.4 Å². The molecule has 0 aliphatic rings. The zero-order valence-electron chi connectivity index (χ0n) is 58.8. The highest BCUT2D eigenvalue weighted by Gasteiger charge is 2.30. The van der Waals surface area contributed by atoms with Gasteiger partial charge in [-0.1, -0.05) is 299 Å². The van der Waals surface area contributed by atoms with Crippen molar-refractivity contribution < 1.29 is 80.2 Å². The van der Waals surface area contributed by atoms with Crippen LogP contribution in [-0.2, 0) is 65.4 Å². The summed E-state index contributed by atoms with van der Waals surface area (Å²) in [5.41, 5.74) is 0. The molecule has 90 heavy (non-hydrogen) atoms. The van der Waals surface area contributed by atoms with E-state index in [0.29, 0.717) is 43.4 Å². The number of rotatable bonds is 68. The number of esters is 4. The monoisotopic (exact) mass is 1320 g/mol. The molecule has 0 saturated heterocycles. The van der Waals surface area contributed by atoms with Gasteiger partial charge in [-0.3, -0.25) is 37.3 Å². The highest BCUT2D eigenvalue weighted by atomic mass is 31.2. The molecule has 17 nitrogen and oxygen atoms in total. The average Bonchev–Trinajstić information content (AvgIpc) is 3.71. The topological polar surface area (TPSA) is 237 Å². The molecular formula is C71H138O17P2. The third kappa shape index (κ3) is 63.5. The molecule has 0 aromatic rings. The van der Waals surface area contributed by atoms with Gasteiger partial charge in [0.25, 0.3) is 0 Å². The molecule has 0 bridgehead atoms. The van der Waals surface area contributed by atoms with Crippen LogP contribution in [0.2, 0.25) is 0 Å². The van der Waals surface area contributed by atoms with Crippen LogP contribution in [-0.4, -0.2) is 96.7 Å². The first-order chi connectivity index (χ1) is 43.1. The van der Waals surface area contributed by atoms with E-state index in [1.54, 1.807) is 0 Å². The number of ether oxygens (including phenoxy) is 4.